The van der Waals surface area contributed by atoms with Crippen molar-refractivity contribution in [2.45, 2.75) is 12.0 Å². The lowest BCUT2D eigenvalue weighted by molar-refractivity contribution is -0.0149. The van der Waals surface area contributed by atoms with Crippen molar-refractivity contribution < 1.29 is 14.3 Å². The zero-order valence-corrected chi connectivity index (χ0v) is 12.0. The fourth-order valence-corrected chi connectivity index (χ4v) is 2.05. The van der Waals surface area contributed by atoms with Crippen LogP contribution in [-0.2, 0) is 9.47 Å². The van der Waals surface area contributed by atoms with E-state index in [0.717, 1.165) is 12.0 Å². The van der Waals surface area contributed by atoms with Gasteiger partial charge < -0.3 is 20.5 Å². The van der Waals surface area contributed by atoms with Crippen LogP contribution in [0.2, 0.25) is 0 Å². The normalized spacial score (nSPS) is 20.7. The summed E-state index contributed by atoms with van der Waals surface area (Å²) in [5.41, 5.74) is 5.95. The van der Waals surface area contributed by atoms with Crippen LogP contribution in [0, 0.1) is 11.8 Å². The second-order valence-electron chi connectivity index (χ2n) is 4.81. The molecule has 1 aromatic heterocycles. The van der Waals surface area contributed by atoms with Gasteiger partial charge in [-0.05, 0) is 12.1 Å². The van der Waals surface area contributed by atoms with E-state index in [4.69, 9.17) is 15.2 Å². The largest absolute Gasteiger partial charge is 0.378 e. The molecule has 112 valence electrons. The topological polar surface area (TPSA) is 86.5 Å². The lowest BCUT2D eigenvalue weighted by Crippen LogP contribution is -2.45. The van der Waals surface area contributed by atoms with Gasteiger partial charge in [-0.15, -0.1) is 0 Å². The Morgan fingerprint density at radius 1 is 1.62 bits per heavy atom. The molecule has 1 saturated heterocycles. The summed E-state index contributed by atoms with van der Waals surface area (Å²) in [7, 11) is 1.63. The van der Waals surface area contributed by atoms with Gasteiger partial charge in [-0.2, -0.15) is 0 Å². The van der Waals surface area contributed by atoms with E-state index in [1.807, 2.05) is 0 Å². The number of nitrogens with zero attached hydrogens (tertiary/aromatic N) is 1. The lowest BCUT2D eigenvalue weighted by atomic mass is 10.0. The summed E-state index contributed by atoms with van der Waals surface area (Å²) in [5.74, 6) is 5.35. The van der Waals surface area contributed by atoms with Gasteiger partial charge in [0.1, 0.15) is 11.3 Å². The number of hydrogen-bond acceptors (Lipinski definition) is 5. The van der Waals surface area contributed by atoms with Gasteiger partial charge in [0.25, 0.3) is 5.91 Å². The molecule has 1 aliphatic rings. The molecule has 6 nitrogen and oxygen atoms in total. The van der Waals surface area contributed by atoms with Crippen LogP contribution in [0.25, 0.3) is 0 Å². The summed E-state index contributed by atoms with van der Waals surface area (Å²) >= 11 is 0. The molecular weight excluding hydrogens is 270 g/mol. The Morgan fingerprint density at radius 3 is 3.05 bits per heavy atom. The van der Waals surface area contributed by atoms with Gasteiger partial charge in [0, 0.05) is 38.4 Å². The van der Waals surface area contributed by atoms with Crippen LogP contribution >= 0.6 is 0 Å². The fraction of sp³-hybridized carbons (Fsp3) is 0.467. The maximum atomic E-state index is 12.1. The van der Waals surface area contributed by atoms with Gasteiger partial charge in [0.2, 0.25) is 0 Å². The first-order valence-electron chi connectivity index (χ1n) is 6.75. The fourth-order valence-electron chi connectivity index (χ4n) is 2.05. The Labute approximate surface area is 124 Å². The minimum absolute atomic E-state index is 0.239. The monoisotopic (exact) mass is 289 g/mol. The number of nitrogens with one attached hydrogen (secondary N) is 1. The van der Waals surface area contributed by atoms with E-state index in [2.05, 4.69) is 22.1 Å². The highest BCUT2D eigenvalue weighted by Gasteiger charge is 2.35. The number of methoxy groups -OCH3 is 1. The number of pyridine rings is 1. The van der Waals surface area contributed by atoms with Crippen molar-refractivity contribution in [1.29, 1.82) is 0 Å². The quantitative estimate of drug-likeness (QED) is 0.758. The van der Waals surface area contributed by atoms with Crippen molar-refractivity contribution in [1.82, 2.24) is 10.3 Å². The molecule has 0 saturated carbocycles. The summed E-state index contributed by atoms with van der Waals surface area (Å²) in [6.45, 7) is 1.84. The van der Waals surface area contributed by atoms with Crippen molar-refractivity contribution in [3.05, 3.63) is 29.6 Å². The maximum Gasteiger partial charge on any atom is 0.269 e. The van der Waals surface area contributed by atoms with Crippen molar-refractivity contribution in [3.8, 4) is 11.8 Å². The number of aromatic nitrogens is 1. The number of ether oxygens (including phenoxy) is 2. The Hall–Kier alpha value is -1.94. The Kier molecular flexibility index (Phi) is 5.28. The number of rotatable bonds is 4. The molecule has 2 rings (SSSR count). The predicted molar refractivity (Wildman–Crippen MR) is 77.7 cm³/mol. The number of amides is 1. The Bertz CT molecular complexity index is 540. The first kappa shape index (κ1) is 15.4. The van der Waals surface area contributed by atoms with E-state index in [-0.39, 0.29) is 5.91 Å². The molecule has 6 heteroatoms. The minimum atomic E-state index is -0.428. The SMILES string of the molecule is COC1(CNC(=O)c2ccc(C#CCN)cn2)CCOC1. The molecule has 1 fully saturated rings. The Morgan fingerprint density at radius 2 is 2.48 bits per heavy atom. The van der Waals surface area contributed by atoms with Gasteiger partial charge >= 0.3 is 0 Å². The minimum Gasteiger partial charge on any atom is -0.378 e. The molecule has 1 atom stereocenters. The van der Waals surface area contributed by atoms with Crippen LogP contribution in [0.4, 0.5) is 0 Å². The third-order valence-electron chi connectivity index (χ3n) is 3.40. The molecule has 1 amide bonds. The highest BCUT2D eigenvalue weighted by molar-refractivity contribution is 5.92. The second kappa shape index (κ2) is 7.18. The molecule has 2 heterocycles. The number of nitrogens with two attached hydrogens (primary N) is 1. The highest BCUT2D eigenvalue weighted by Crippen LogP contribution is 2.21. The predicted octanol–water partition coefficient (Wildman–Crippen LogP) is -0.0729. The Balaban J connectivity index is 1.94. The zero-order valence-electron chi connectivity index (χ0n) is 12.0. The van der Waals surface area contributed by atoms with Crippen LogP contribution < -0.4 is 11.1 Å². The summed E-state index contributed by atoms with van der Waals surface area (Å²) in [6, 6.07) is 3.38. The standard InChI is InChI=1S/C15H19N3O3/c1-20-15(6-8-21-11-15)10-18-14(19)13-5-4-12(9-17-13)3-2-7-16/h4-5,9H,6-8,10-11,16H2,1H3,(H,18,19). The van der Waals surface area contributed by atoms with Gasteiger partial charge in [0.15, 0.2) is 0 Å². The maximum absolute atomic E-state index is 12.1. The van der Waals surface area contributed by atoms with E-state index >= 15 is 0 Å². The van der Waals surface area contributed by atoms with Crippen LogP contribution in [0.1, 0.15) is 22.5 Å². The van der Waals surface area contributed by atoms with E-state index in [1.165, 1.54) is 0 Å². The number of carbonyl (C=O) groups is 1. The van der Waals surface area contributed by atoms with Crippen LogP contribution in [0.3, 0.4) is 0 Å². The molecule has 21 heavy (non-hydrogen) atoms. The number of carbonyl (C=O) groups excluding carboxylic acids is 1. The van der Waals surface area contributed by atoms with E-state index in [1.54, 1.807) is 25.4 Å². The first-order chi connectivity index (χ1) is 10.2. The van der Waals surface area contributed by atoms with Gasteiger partial charge in [-0.3, -0.25) is 4.79 Å². The summed E-state index contributed by atoms with van der Waals surface area (Å²) in [4.78, 5) is 16.2. The summed E-state index contributed by atoms with van der Waals surface area (Å²) < 4.78 is 10.8. The number of hydrogen-bond donors (Lipinski definition) is 2. The van der Waals surface area contributed by atoms with Crippen LogP contribution in [0.5, 0.6) is 0 Å². The highest BCUT2D eigenvalue weighted by atomic mass is 16.5. The molecular formula is C15H19N3O3. The van der Waals surface area contributed by atoms with Crippen molar-refractivity contribution in [2.24, 2.45) is 5.73 Å². The molecule has 0 bridgehead atoms. The van der Waals surface area contributed by atoms with Crippen molar-refractivity contribution >= 4 is 5.91 Å². The van der Waals surface area contributed by atoms with Crippen molar-refractivity contribution in [2.75, 3.05) is 33.4 Å². The van der Waals surface area contributed by atoms with E-state index in [0.29, 0.717) is 32.0 Å². The third-order valence-corrected chi connectivity index (χ3v) is 3.40. The summed E-state index contributed by atoms with van der Waals surface area (Å²) in [6.07, 6.45) is 2.33. The van der Waals surface area contributed by atoms with Crippen molar-refractivity contribution in [3.63, 3.8) is 0 Å². The molecule has 3 N–H and O–H groups in total. The average Bonchev–Trinajstić information content (AvgIpc) is 3.00. The van der Waals surface area contributed by atoms with Crippen LogP contribution in [0.15, 0.2) is 18.3 Å². The molecule has 1 aromatic rings. The van der Waals surface area contributed by atoms with Gasteiger partial charge in [0.05, 0.1) is 13.2 Å². The first-order valence-corrected chi connectivity index (χ1v) is 6.75. The van der Waals surface area contributed by atoms with Gasteiger partial charge in [-0.25, -0.2) is 4.98 Å². The average molecular weight is 289 g/mol. The molecule has 0 radical (unpaired) electrons. The third kappa shape index (κ3) is 4.02. The molecule has 1 aliphatic heterocycles. The van der Waals surface area contributed by atoms with Crippen LogP contribution in [-0.4, -0.2) is 49.9 Å². The van der Waals surface area contributed by atoms with E-state index in [9.17, 15) is 4.79 Å². The smallest absolute Gasteiger partial charge is 0.269 e. The van der Waals surface area contributed by atoms with E-state index < -0.39 is 5.60 Å². The molecule has 1 unspecified atom stereocenters. The second-order valence-corrected chi connectivity index (χ2v) is 4.81. The zero-order chi connectivity index (χ0) is 15.1. The summed E-state index contributed by atoms with van der Waals surface area (Å²) in [5, 5.41) is 2.83. The molecule has 0 spiro atoms. The molecule has 0 aliphatic carbocycles. The van der Waals surface area contributed by atoms with Gasteiger partial charge in [-0.1, -0.05) is 11.8 Å². The lowest BCUT2D eigenvalue weighted by Gasteiger charge is -2.25. The molecule has 0 aromatic carbocycles.